The van der Waals surface area contributed by atoms with E-state index in [1.54, 1.807) is 0 Å². The standard InChI is InChI=1S/C53H37N3/c1-53(2)48-15-5-11-35-17-20-39-26-44(31-49(53)52(39)51(35)48)37-18-19-38-28-45(22-21-36(38)25-37)56(50-16-6-10-34-9-3-4-14-47(34)50)46-29-42(40-12-7-23-54-32-40)27-43(30-46)41-13-8-24-55-33-41/h3-33H,1-2H3. The summed E-state index contributed by atoms with van der Waals surface area (Å²) in [5.74, 6) is 0. The van der Waals surface area contributed by atoms with Gasteiger partial charge in [-0.1, -0.05) is 111 Å². The molecule has 0 unspecified atom stereocenters. The average molecular weight is 716 g/mol. The molecule has 0 N–H and O–H groups in total. The van der Waals surface area contributed by atoms with Crippen LogP contribution < -0.4 is 4.90 Å². The molecule has 0 bridgehead atoms. The summed E-state index contributed by atoms with van der Waals surface area (Å²) < 4.78 is 0. The van der Waals surface area contributed by atoms with Crippen LogP contribution in [0.15, 0.2) is 189 Å². The van der Waals surface area contributed by atoms with Gasteiger partial charge in [0.15, 0.2) is 0 Å². The van der Waals surface area contributed by atoms with Gasteiger partial charge in [0.05, 0.1) is 5.69 Å². The van der Waals surface area contributed by atoms with Gasteiger partial charge in [-0.15, -0.1) is 0 Å². The first-order chi connectivity index (χ1) is 27.5. The molecule has 0 spiro atoms. The highest BCUT2D eigenvalue weighted by Crippen LogP contribution is 2.50. The third-order valence-electron chi connectivity index (χ3n) is 11.9. The third kappa shape index (κ3) is 5.12. The number of anilines is 3. The number of pyridine rings is 2. The zero-order chi connectivity index (χ0) is 37.4. The Hall–Kier alpha value is -7.10. The normalized spacial score (nSPS) is 13.0. The van der Waals surface area contributed by atoms with Gasteiger partial charge in [0.25, 0.3) is 0 Å². The Morgan fingerprint density at radius 1 is 0.393 bits per heavy atom. The number of hydrogen-bond acceptors (Lipinski definition) is 3. The molecule has 10 aromatic rings. The maximum absolute atomic E-state index is 4.47. The van der Waals surface area contributed by atoms with E-state index < -0.39 is 0 Å². The van der Waals surface area contributed by atoms with Crippen LogP contribution in [0.2, 0.25) is 0 Å². The summed E-state index contributed by atoms with van der Waals surface area (Å²) >= 11 is 0. The summed E-state index contributed by atoms with van der Waals surface area (Å²) in [5.41, 5.74) is 12.8. The molecule has 56 heavy (non-hydrogen) atoms. The van der Waals surface area contributed by atoms with Crippen LogP contribution in [0.1, 0.15) is 25.0 Å². The van der Waals surface area contributed by atoms with Crippen LogP contribution in [0.4, 0.5) is 17.1 Å². The highest BCUT2D eigenvalue weighted by atomic mass is 15.1. The second kappa shape index (κ2) is 12.5. The molecule has 2 heterocycles. The molecule has 0 saturated carbocycles. The molecular weight excluding hydrogens is 679 g/mol. The first kappa shape index (κ1) is 32.3. The van der Waals surface area contributed by atoms with Gasteiger partial charge in [-0.05, 0) is 138 Å². The lowest BCUT2D eigenvalue weighted by molar-refractivity contribution is 0.663. The minimum atomic E-state index is -0.0561. The van der Waals surface area contributed by atoms with Gasteiger partial charge in [0.2, 0.25) is 0 Å². The number of rotatable bonds is 6. The van der Waals surface area contributed by atoms with Crippen molar-refractivity contribution in [2.24, 2.45) is 0 Å². The zero-order valence-electron chi connectivity index (χ0n) is 31.2. The molecule has 0 aliphatic heterocycles. The van der Waals surface area contributed by atoms with Gasteiger partial charge in [-0.3, -0.25) is 9.97 Å². The second-order valence-corrected chi connectivity index (χ2v) is 15.5. The van der Waals surface area contributed by atoms with E-state index in [4.69, 9.17) is 0 Å². The van der Waals surface area contributed by atoms with Crippen molar-refractivity contribution < 1.29 is 0 Å². The molecule has 0 atom stereocenters. The fraction of sp³-hybridized carbons (Fsp3) is 0.0566. The summed E-state index contributed by atoms with van der Waals surface area (Å²) in [6, 6.07) is 60.2. The van der Waals surface area contributed by atoms with Crippen LogP contribution in [-0.2, 0) is 5.41 Å². The van der Waals surface area contributed by atoms with Crippen LogP contribution in [-0.4, -0.2) is 9.97 Å². The Bertz CT molecular complexity index is 3100. The molecular formula is C53H37N3. The summed E-state index contributed by atoms with van der Waals surface area (Å²) in [5, 5.41) is 10.2. The summed E-state index contributed by atoms with van der Waals surface area (Å²) in [7, 11) is 0. The Morgan fingerprint density at radius 2 is 1.02 bits per heavy atom. The van der Waals surface area contributed by atoms with Crippen molar-refractivity contribution in [1.82, 2.24) is 9.97 Å². The molecule has 1 aliphatic carbocycles. The maximum Gasteiger partial charge on any atom is 0.0540 e. The quantitative estimate of drug-likeness (QED) is 0.161. The van der Waals surface area contributed by atoms with E-state index in [0.29, 0.717) is 0 Å². The molecule has 11 rings (SSSR count). The highest BCUT2D eigenvalue weighted by Gasteiger charge is 2.34. The van der Waals surface area contributed by atoms with Gasteiger partial charge in [0.1, 0.15) is 0 Å². The smallest absolute Gasteiger partial charge is 0.0540 e. The van der Waals surface area contributed by atoms with Gasteiger partial charge >= 0.3 is 0 Å². The molecule has 2 aromatic heterocycles. The van der Waals surface area contributed by atoms with E-state index >= 15 is 0 Å². The topological polar surface area (TPSA) is 29.0 Å². The number of aromatic nitrogens is 2. The first-order valence-corrected chi connectivity index (χ1v) is 19.3. The fourth-order valence-electron chi connectivity index (χ4n) is 9.09. The largest absolute Gasteiger partial charge is 0.310 e. The number of nitrogens with zero attached hydrogens (tertiary/aromatic N) is 3. The fourth-order valence-corrected chi connectivity index (χ4v) is 9.09. The minimum absolute atomic E-state index is 0.0561. The summed E-state index contributed by atoms with van der Waals surface area (Å²) in [6.07, 6.45) is 7.52. The minimum Gasteiger partial charge on any atom is -0.310 e. The lowest BCUT2D eigenvalue weighted by Gasteiger charge is -2.28. The summed E-state index contributed by atoms with van der Waals surface area (Å²) in [6.45, 7) is 4.74. The Kier molecular flexibility index (Phi) is 7.20. The molecule has 3 nitrogen and oxygen atoms in total. The Morgan fingerprint density at radius 3 is 1.80 bits per heavy atom. The van der Waals surface area contributed by atoms with E-state index in [-0.39, 0.29) is 5.41 Å². The zero-order valence-corrected chi connectivity index (χ0v) is 31.2. The van der Waals surface area contributed by atoms with E-state index in [0.717, 1.165) is 39.3 Å². The second-order valence-electron chi connectivity index (χ2n) is 15.5. The van der Waals surface area contributed by atoms with E-state index in [1.807, 2.05) is 36.9 Å². The third-order valence-corrected chi connectivity index (χ3v) is 11.9. The van der Waals surface area contributed by atoms with Crippen LogP contribution in [0, 0.1) is 0 Å². The number of benzene rings is 8. The van der Waals surface area contributed by atoms with Gasteiger partial charge in [0, 0.05) is 58.1 Å². The molecule has 0 saturated heterocycles. The SMILES string of the molecule is CC1(C)c2cccc3ccc4cc(-c5ccc6cc(N(c7cc(-c8cccnc8)cc(-c8cccnc8)c7)c7cccc8ccccc78)ccc6c5)cc1c4c23. The van der Waals surface area contributed by atoms with Crippen molar-refractivity contribution in [2.45, 2.75) is 19.3 Å². The van der Waals surface area contributed by atoms with Crippen LogP contribution in [0.5, 0.6) is 0 Å². The molecule has 8 aromatic carbocycles. The van der Waals surface area contributed by atoms with Crippen LogP contribution in [0.3, 0.4) is 0 Å². The van der Waals surface area contributed by atoms with E-state index in [2.05, 4.69) is 180 Å². The van der Waals surface area contributed by atoms with Crippen molar-refractivity contribution in [3.63, 3.8) is 0 Å². The van der Waals surface area contributed by atoms with Gasteiger partial charge in [-0.25, -0.2) is 0 Å². The molecule has 0 fully saturated rings. The first-order valence-electron chi connectivity index (χ1n) is 19.3. The van der Waals surface area contributed by atoms with Crippen molar-refractivity contribution in [3.05, 3.63) is 200 Å². The monoisotopic (exact) mass is 715 g/mol. The molecule has 1 aliphatic rings. The van der Waals surface area contributed by atoms with Crippen LogP contribution in [0.25, 0.3) is 76.5 Å². The number of hydrogen-bond donors (Lipinski definition) is 0. The molecule has 264 valence electrons. The lowest BCUT2D eigenvalue weighted by Crippen LogP contribution is -2.15. The van der Waals surface area contributed by atoms with Crippen molar-refractivity contribution in [1.29, 1.82) is 0 Å². The lowest BCUT2D eigenvalue weighted by atomic mass is 9.81. The predicted octanol–water partition coefficient (Wildman–Crippen LogP) is 14.2. The maximum atomic E-state index is 4.47. The van der Waals surface area contributed by atoms with E-state index in [1.165, 1.54) is 65.3 Å². The van der Waals surface area contributed by atoms with Crippen molar-refractivity contribution in [3.8, 4) is 33.4 Å². The molecule has 3 heteroatoms. The molecule has 0 radical (unpaired) electrons. The van der Waals surface area contributed by atoms with Gasteiger partial charge in [-0.2, -0.15) is 0 Å². The average Bonchev–Trinajstić information content (AvgIpc) is 3.49. The van der Waals surface area contributed by atoms with Crippen molar-refractivity contribution in [2.75, 3.05) is 4.90 Å². The van der Waals surface area contributed by atoms with Crippen molar-refractivity contribution >= 4 is 60.2 Å². The Labute approximate surface area is 326 Å². The molecule has 0 amide bonds. The predicted molar refractivity (Wildman–Crippen MR) is 235 cm³/mol. The Balaban J connectivity index is 1.08. The van der Waals surface area contributed by atoms with Gasteiger partial charge < -0.3 is 4.90 Å². The van der Waals surface area contributed by atoms with E-state index in [9.17, 15) is 0 Å². The van der Waals surface area contributed by atoms with Crippen LogP contribution >= 0.6 is 0 Å². The summed E-state index contributed by atoms with van der Waals surface area (Å²) in [4.78, 5) is 11.4. The number of fused-ring (bicyclic) bond motifs is 2. The highest BCUT2D eigenvalue weighted by molar-refractivity contribution is 6.16.